The van der Waals surface area contributed by atoms with Gasteiger partial charge >= 0.3 is 0 Å². The summed E-state index contributed by atoms with van der Waals surface area (Å²) in [5.41, 5.74) is 10.3. The monoisotopic (exact) mass is 332 g/mol. The van der Waals surface area contributed by atoms with Gasteiger partial charge in [-0.05, 0) is 48.7 Å². The molecule has 0 fully saturated rings. The zero-order chi connectivity index (χ0) is 14.7. The molecule has 0 aliphatic rings. The van der Waals surface area contributed by atoms with E-state index in [-0.39, 0.29) is 5.91 Å². The Morgan fingerprint density at radius 2 is 2.00 bits per heavy atom. The van der Waals surface area contributed by atoms with Crippen LogP contribution in [-0.2, 0) is 11.2 Å². The van der Waals surface area contributed by atoms with E-state index >= 15 is 0 Å². The van der Waals surface area contributed by atoms with Crippen LogP contribution in [0.3, 0.4) is 0 Å². The van der Waals surface area contributed by atoms with Gasteiger partial charge in [0.1, 0.15) is 0 Å². The molecule has 4 heteroatoms. The van der Waals surface area contributed by atoms with Crippen LogP contribution in [0.1, 0.15) is 16.7 Å². The maximum atomic E-state index is 12.1. The second-order valence-corrected chi connectivity index (χ2v) is 5.74. The van der Waals surface area contributed by atoms with E-state index in [0.29, 0.717) is 12.1 Å². The Morgan fingerprint density at radius 1 is 1.25 bits per heavy atom. The summed E-state index contributed by atoms with van der Waals surface area (Å²) in [6.45, 7) is 3.87. The van der Waals surface area contributed by atoms with Crippen molar-refractivity contribution < 1.29 is 4.79 Å². The molecule has 3 N–H and O–H groups in total. The van der Waals surface area contributed by atoms with Crippen LogP contribution in [-0.4, -0.2) is 5.91 Å². The van der Waals surface area contributed by atoms with Crippen LogP contribution in [0, 0.1) is 13.8 Å². The van der Waals surface area contributed by atoms with E-state index in [0.717, 1.165) is 26.9 Å². The van der Waals surface area contributed by atoms with Gasteiger partial charge in [0.25, 0.3) is 0 Å². The molecule has 0 radical (unpaired) electrons. The number of hydrogen-bond acceptors (Lipinski definition) is 2. The lowest BCUT2D eigenvalue weighted by molar-refractivity contribution is -0.115. The number of rotatable bonds is 3. The van der Waals surface area contributed by atoms with Crippen molar-refractivity contribution in [2.45, 2.75) is 20.3 Å². The molecular weight excluding hydrogens is 316 g/mol. The molecule has 0 bridgehead atoms. The molecule has 0 saturated carbocycles. The van der Waals surface area contributed by atoms with Gasteiger partial charge in [0.2, 0.25) is 5.91 Å². The van der Waals surface area contributed by atoms with E-state index in [1.54, 1.807) is 0 Å². The fraction of sp³-hybridized carbons (Fsp3) is 0.188. The van der Waals surface area contributed by atoms with Crippen molar-refractivity contribution in [3.8, 4) is 0 Å². The van der Waals surface area contributed by atoms with Gasteiger partial charge in [-0.1, -0.05) is 34.1 Å². The summed E-state index contributed by atoms with van der Waals surface area (Å²) in [7, 11) is 0. The minimum atomic E-state index is -0.0418. The van der Waals surface area contributed by atoms with Gasteiger partial charge in [0.05, 0.1) is 6.42 Å². The predicted octanol–water partition coefficient (Wildman–Crippen LogP) is 3.83. The maximum Gasteiger partial charge on any atom is 0.228 e. The van der Waals surface area contributed by atoms with Crippen molar-refractivity contribution in [2.75, 3.05) is 11.1 Å². The Bertz CT molecular complexity index is 653. The molecule has 1 amide bonds. The standard InChI is InChI=1S/C16H17BrN2O/c1-10-6-7-14(18)11(2)16(10)19-15(20)9-12-4-3-5-13(17)8-12/h3-8H,9,18H2,1-2H3,(H,19,20). The molecular formula is C16H17BrN2O. The SMILES string of the molecule is Cc1ccc(N)c(C)c1NC(=O)Cc1cccc(Br)c1. The molecule has 0 unspecified atom stereocenters. The summed E-state index contributed by atoms with van der Waals surface area (Å²) in [6, 6.07) is 11.5. The molecule has 2 rings (SSSR count). The Labute approximate surface area is 127 Å². The second kappa shape index (κ2) is 6.09. The molecule has 0 aromatic heterocycles. The van der Waals surface area contributed by atoms with Crippen LogP contribution >= 0.6 is 15.9 Å². The van der Waals surface area contributed by atoms with Crippen LogP contribution in [0.2, 0.25) is 0 Å². The van der Waals surface area contributed by atoms with Crippen LogP contribution in [0.4, 0.5) is 11.4 Å². The van der Waals surface area contributed by atoms with Crippen molar-refractivity contribution in [1.82, 2.24) is 0 Å². The molecule has 3 nitrogen and oxygen atoms in total. The zero-order valence-corrected chi connectivity index (χ0v) is 13.1. The largest absolute Gasteiger partial charge is 0.398 e. The lowest BCUT2D eigenvalue weighted by Crippen LogP contribution is -2.16. The van der Waals surface area contributed by atoms with E-state index in [1.165, 1.54) is 0 Å². The van der Waals surface area contributed by atoms with E-state index in [9.17, 15) is 4.79 Å². The summed E-state index contributed by atoms with van der Waals surface area (Å²) >= 11 is 3.40. The lowest BCUT2D eigenvalue weighted by Gasteiger charge is -2.13. The highest BCUT2D eigenvalue weighted by molar-refractivity contribution is 9.10. The Hall–Kier alpha value is -1.81. The molecule has 0 spiro atoms. The summed E-state index contributed by atoms with van der Waals surface area (Å²) in [5, 5.41) is 2.95. The van der Waals surface area contributed by atoms with Gasteiger partial charge in [0, 0.05) is 15.8 Å². The van der Waals surface area contributed by atoms with Crippen molar-refractivity contribution in [3.63, 3.8) is 0 Å². The predicted molar refractivity (Wildman–Crippen MR) is 86.8 cm³/mol. The molecule has 0 aliphatic carbocycles. The highest BCUT2D eigenvalue weighted by Gasteiger charge is 2.10. The molecule has 104 valence electrons. The van der Waals surface area contributed by atoms with E-state index in [4.69, 9.17) is 5.73 Å². The highest BCUT2D eigenvalue weighted by atomic mass is 79.9. The van der Waals surface area contributed by atoms with Crippen molar-refractivity contribution in [2.24, 2.45) is 0 Å². The summed E-state index contributed by atoms with van der Waals surface area (Å²) in [5.74, 6) is -0.0418. The van der Waals surface area contributed by atoms with Crippen LogP contribution in [0.15, 0.2) is 40.9 Å². The number of carbonyl (C=O) groups excluding carboxylic acids is 1. The third-order valence-corrected chi connectivity index (χ3v) is 3.73. The highest BCUT2D eigenvalue weighted by Crippen LogP contribution is 2.25. The number of nitrogens with two attached hydrogens (primary N) is 1. The van der Waals surface area contributed by atoms with Gasteiger partial charge in [-0.2, -0.15) is 0 Å². The Balaban J connectivity index is 2.15. The average Bonchev–Trinajstić information content (AvgIpc) is 2.39. The van der Waals surface area contributed by atoms with Gasteiger partial charge < -0.3 is 11.1 Å². The van der Waals surface area contributed by atoms with E-state index < -0.39 is 0 Å². The minimum absolute atomic E-state index is 0.0418. The zero-order valence-electron chi connectivity index (χ0n) is 11.5. The topological polar surface area (TPSA) is 55.1 Å². The smallest absolute Gasteiger partial charge is 0.228 e. The lowest BCUT2D eigenvalue weighted by atomic mass is 10.1. The normalized spacial score (nSPS) is 10.3. The first-order valence-corrected chi connectivity index (χ1v) is 7.16. The molecule has 20 heavy (non-hydrogen) atoms. The number of halogens is 1. The third kappa shape index (κ3) is 3.39. The number of nitrogens with one attached hydrogen (secondary N) is 1. The van der Waals surface area contributed by atoms with Gasteiger partial charge in [-0.25, -0.2) is 0 Å². The Morgan fingerprint density at radius 3 is 2.70 bits per heavy atom. The fourth-order valence-electron chi connectivity index (χ4n) is 2.07. The van der Waals surface area contributed by atoms with Gasteiger partial charge in [0.15, 0.2) is 0 Å². The first kappa shape index (κ1) is 14.6. The maximum absolute atomic E-state index is 12.1. The minimum Gasteiger partial charge on any atom is -0.398 e. The first-order valence-electron chi connectivity index (χ1n) is 6.37. The van der Waals surface area contributed by atoms with Crippen molar-refractivity contribution in [3.05, 3.63) is 57.6 Å². The molecule has 2 aromatic carbocycles. The number of aryl methyl sites for hydroxylation is 1. The van der Waals surface area contributed by atoms with Gasteiger partial charge in [-0.15, -0.1) is 0 Å². The number of amides is 1. The Kier molecular flexibility index (Phi) is 4.45. The molecule has 0 aliphatic heterocycles. The quantitative estimate of drug-likeness (QED) is 0.839. The number of carbonyl (C=O) groups is 1. The van der Waals surface area contributed by atoms with Gasteiger partial charge in [-0.3, -0.25) is 4.79 Å². The number of anilines is 2. The van der Waals surface area contributed by atoms with Crippen molar-refractivity contribution in [1.29, 1.82) is 0 Å². The van der Waals surface area contributed by atoms with E-state index in [1.807, 2.05) is 50.2 Å². The number of nitrogen functional groups attached to an aromatic ring is 1. The van der Waals surface area contributed by atoms with Crippen LogP contribution in [0.5, 0.6) is 0 Å². The van der Waals surface area contributed by atoms with E-state index in [2.05, 4.69) is 21.2 Å². The third-order valence-electron chi connectivity index (χ3n) is 3.23. The number of hydrogen-bond donors (Lipinski definition) is 2. The average molecular weight is 333 g/mol. The second-order valence-electron chi connectivity index (χ2n) is 4.83. The molecule has 0 atom stereocenters. The number of benzene rings is 2. The molecule has 0 saturated heterocycles. The fourth-order valence-corrected chi connectivity index (χ4v) is 2.52. The molecule has 2 aromatic rings. The summed E-state index contributed by atoms with van der Waals surface area (Å²) in [6.07, 6.45) is 0.340. The molecule has 0 heterocycles. The van der Waals surface area contributed by atoms with Crippen LogP contribution in [0.25, 0.3) is 0 Å². The van der Waals surface area contributed by atoms with Crippen LogP contribution < -0.4 is 11.1 Å². The first-order chi connectivity index (χ1) is 9.47. The summed E-state index contributed by atoms with van der Waals surface area (Å²) in [4.78, 5) is 12.1. The summed E-state index contributed by atoms with van der Waals surface area (Å²) < 4.78 is 0.971. The van der Waals surface area contributed by atoms with Crippen molar-refractivity contribution >= 4 is 33.2 Å².